The van der Waals surface area contributed by atoms with Crippen LogP contribution in [0.2, 0.25) is 0 Å². The number of hydrogen-bond acceptors (Lipinski definition) is 4. The molecule has 0 bridgehead atoms. The van der Waals surface area contributed by atoms with Gasteiger partial charge in [-0.2, -0.15) is 18.3 Å². The Hall–Kier alpha value is -2.71. The summed E-state index contributed by atoms with van der Waals surface area (Å²) in [7, 11) is 1.50. The van der Waals surface area contributed by atoms with E-state index < -0.39 is 29.7 Å². The number of carbonyl (C=O) groups is 1. The second kappa shape index (κ2) is 7.03. The zero-order valence-electron chi connectivity index (χ0n) is 16.1. The molecule has 152 valence electrons. The number of nitrogens with one attached hydrogen (secondary N) is 2. The smallest absolute Gasteiger partial charge is 0.410 e. The summed E-state index contributed by atoms with van der Waals surface area (Å²) in [5.74, 6) is 0.129. The van der Waals surface area contributed by atoms with Crippen LogP contribution in [0.5, 0.6) is 5.75 Å². The summed E-state index contributed by atoms with van der Waals surface area (Å²) in [6.45, 7) is 5.39. The first-order chi connectivity index (χ1) is 13.0. The Morgan fingerprint density at radius 1 is 1.32 bits per heavy atom. The number of hydrogen-bond donors (Lipinski definition) is 2. The summed E-state index contributed by atoms with van der Waals surface area (Å²) in [5, 5.41) is 9.70. The van der Waals surface area contributed by atoms with Gasteiger partial charge in [-0.3, -0.25) is 4.79 Å². The van der Waals surface area contributed by atoms with Gasteiger partial charge in [-0.25, -0.2) is 4.68 Å². The first-order valence-electron chi connectivity index (χ1n) is 8.87. The van der Waals surface area contributed by atoms with Crippen LogP contribution in [0.3, 0.4) is 0 Å². The van der Waals surface area contributed by atoms with Crippen molar-refractivity contribution in [3.63, 3.8) is 0 Å². The molecule has 2 atom stereocenters. The van der Waals surface area contributed by atoms with Gasteiger partial charge >= 0.3 is 6.18 Å². The van der Waals surface area contributed by atoms with Gasteiger partial charge in [0.15, 0.2) is 6.04 Å². The maximum Gasteiger partial charge on any atom is 0.410 e. The highest BCUT2D eigenvalue weighted by Gasteiger charge is 2.47. The van der Waals surface area contributed by atoms with Crippen molar-refractivity contribution in [2.75, 3.05) is 12.4 Å². The fourth-order valence-corrected chi connectivity index (χ4v) is 3.21. The Bertz CT molecular complexity index is 871. The number of benzene rings is 1. The molecule has 1 aromatic carbocycles. The van der Waals surface area contributed by atoms with E-state index in [1.807, 2.05) is 0 Å². The van der Waals surface area contributed by atoms with Crippen molar-refractivity contribution < 1.29 is 22.7 Å². The van der Waals surface area contributed by atoms with Gasteiger partial charge in [0.25, 0.3) is 5.91 Å². The molecule has 0 unspecified atom stereocenters. The van der Waals surface area contributed by atoms with Crippen LogP contribution in [-0.4, -0.2) is 34.5 Å². The summed E-state index contributed by atoms with van der Waals surface area (Å²) < 4.78 is 47.2. The second-order valence-electron chi connectivity index (χ2n) is 7.82. The molecule has 3 rings (SSSR count). The molecular formula is C19H23F3N4O2. The normalized spacial score (nSPS) is 19.5. The maximum absolute atomic E-state index is 13.7. The van der Waals surface area contributed by atoms with Crippen molar-refractivity contribution in [1.82, 2.24) is 15.1 Å². The standard InChI is InChI=1S/C19H23F3N4O2/c1-18(2,3)25-17(27)13-10-23-26-15(19(20,21)22)9-14(24-16(13)26)11-6-5-7-12(8-11)28-4/h5-8,10,14-15,24H,9H2,1-4H3,(H,25,27)/t14-,15+/m0/s1. The van der Waals surface area contributed by atoms with E-state index in [9.17, 15) is 18.0 Å². The number of amides is 1. The molecule has 0 spiro atoms. The average molecular weight is 396 g/mol. The number of aromatic nitrogens is 2. The summed E-state index contributed by atoms with van der Waals surface area (Å²) in [6.07, 6.45) is -3.57. The number of ether oxygens (including phenoxy) is 1. The first kappa shape index (κ1) is 20.0. The fraction of sp³-hybridized carbons (Fsp3) is 0.474. The van der Waals surface area contributed by atoms with Crippen LogP contribution in [0.25, 0.3) is 0 Å². The van der Waals surface area contributed by atoms with E-state index in [1.54, 1.807) is 45.0 Å². The predicted octanol–water partition coefficient (Wildman–Crippen LogP) is 4.08. The summed E-state index contributed by atoms with van der Waals surface area (Å²) in [5.41, 5.74) is 0.191. The Morgan fingerprint density at radius 3 is 2.64 bits per heavy atom. The average Bonchev–Trinajstić information content (AvgIpc) is 3.02. The Morgan fingerprint density at radius 2 is 2.04 bits per heavy atom. The van der Waals surface area contributed by atoms with E-state index in [1.165, 1.54) is 13.3 Å². The number of fused-ring (bicyclic) bond motifs is 1. The van der Waals surface area contributed by atoms with E-state index in [2.05, 4.69) is 15.7 Å². The van der Waals surface area contributed by atoms with E-state index in [4.69, 9.17) is 4.74 Å². The minimum absolute atomic E-state index is 0.0585. The highest BCUT2D eigenvalue weighted by Crippen LogP contribution is 2.44. The van der Waals surface area contributed by atoms with Gasteiger partial charge < -0.3 is 15.4 Å². The molecule has 2 heterocycles. The monoisotopic (exact) mass is 396 g/mol. The van der Waals surface area contributed by atoms with Crippen LogP contribution in [0, 0.1) is 0 Å². The first-order valence-corrected chi connectivity index (χ1v) is 8.87. The van der Waals surface area contributed by atoms with Gasteiger partial charge in [0.2, 0.25) is 0 Å². The van der Waals surface area contributed by atoms with Gasteiger partial charge in [-0.15, -0.1) is 0 Å². The van der Waals surface area contributed by atoms with E-state index in [0.717, 1.165) is 4.68 Å². The molecule has 0 saturated heterocycles. The van der Waals surface area contributed by atoms with Crippen molar-refractivity contribution in [2.24, 2.45) is 0 Å². The van der Waals surface area contributed by atoms with Gasteiger partial charge in [-0.1, -0.05) is 12.1 Å². The van der Waals surface area contributed by atoms with Crippen LogP contribution < -0.4 is 15.4 Å². The van der Waals surface area contributed by atoms with Gasteiger partial charge in [-0.05, 0) is 38.5 Å². The molecule has 0 aliphatic carbocycles. The molecule has 2 aromatic rings. The van der Waals surface area contributed by atoms with Crippen LogP contribution in [-0.2, 0) is 0 Å². The zero-order valence-corrected chi connectivity index (χ0v) is 16.1. The largest absolute Gasteiger partial charge is 0.497 e. The van der Waals surface area contributed by atoms with Crippen molar-refractivity contribution in [3.8, 4) is 5.75 Å². The molecule has 1 aliphatic heterocycles. The maximum atomic E-state index is 13.7. The van der Waals surface area contributed by atoms with Gasteiger partial charge in [0.1, 0.15) is 17.1 Å². The molecule has 0 radical (unpaired) electrons. The number of nitrogens with zero attached hydrogens (tertiary/aromatic N) is 2. The molecule has 0 fully saturated rings. The lowest BCUT2D eigenvalue weighted by Crippen LogP contribution is -2.41. The third kappa shape index (κ3) is 4.07. The molecule has 1 aliphatic rings. The fourth-order valence-electron chi connectivity index (χ4n) is 3.21. The van der Waals surface area contributed by atoms with E-state index in [-0.39, 0.29) is 17.8 Å². The molecule has 0 saturated carbocycles. The second-order valence-corrected chi connectivity index (χ2v) is 7.82. The van der Waals surface area contributed by atoms with Crippen molar-refractivity contribution in [3.05, 3.63) is 41.6 Å². The molecule has 1 aromatic heterocycles. The Balaban J connectivity index is 2.02. The quantitative estimate of drug-likeness (QED) is 0.820. The minimum atomic E-state index is -4.50. The van der Waals surface area contributed by atoms with Crippen LogP contribution in [0.4, 0.5) is 19.0 Å². The lowest BCUT2D eigenvalue weighted by atomic mass is 9.96. The number of rotatable bonds is 3. The lowest BCUT2D eigenvalue weighted by Gasteiger charge is -2.34. The highest BCUT2D eigenvalue weighted by molar-refractivity contribution is 5.99. The van der Waals surface area contributed by atoms with Crippen molar-refractivity contribution >= 4 is 11.7 Å². The van der Waals surface area contributed by atoms with E-state index in [0.29, 0.717) is 11.3 Å². The highest BCUT2D eigenvalue weighted by atomic mass is 19.4. The molecule has 9 heteroatoms. The third-order valence-electron chi connectivity index (χ3n) is 4.47. The Labute approximate surface area is 161 Å². The predicted molar refractivity (Wildman–Crippen MR) is 98.5 cm³/mol. The molecule has 1 amide bonds. The van der Waals surface area contributed by atoms with Crippen LogP contribution >= 0.6 is 0 Å². The van der Waals surface area contributed by atoms with Crippen LogP contribution in [0.1, 0.15) is 55.2 Å². The number of carbonyl (C=O) groups excluding carboxylic acids is 1. The van der Waals surface area contributed by atoms with Crippen molar-refractivity contribution in [2.45, 2.75) is 51.0 Å². The summed E-state index contributed by atoms with van der Waals surface area (Å²) in [4.78, 5) is 12.6. The van der Waals surface area contributed by atoms with Crippen molar-refractivity contribution in [1.29, 1.82) is 0 Å². The topological polar surface area (TPSA) is 68.2 Å². The molecule has 2 N–H and O–H groups in total. The van der Waals surface area contributed by atoms with Gasteiger partial charge in [0.05, 0.1) is 19.3 Å². The number of halogens is 3. The zero-order chi connectivity index (χ0) is 20.7. The summed E-state index contributed by atoms with van der Waals surface area (Å²) >= 11 is 0. The summed E-state index contributed by atoms with van der Waals surface area (Å²) in [6, 6.07) is 4.38. The van der Waals surface area contributed by atoms with Crippen LogP contribution in [0.15, 0.2) is 30.5 Å². The Kier molecular flexibility index (Phi) is 5.03. The third-order valence-corrected chi connectivity index (χ3v) is 4.47. The SMILES string of the molecule is COc1cccc([C@@H]2C[C@H](C(F)(F)F)n3ncc(C(=O)NC(C)(C)C)c3N2)c1. The van der Waals surface area contributed by atoms with Gasteiger partial charge in [0, 0.05) is 12.0 Å². The number of alkyl halides is 3. The van der Waals surface area contributed by atoms with E-state index >= 15 is 0 Å². The molecule has 28 heavy (non-hydrogen) atoms. The number of anilines is 1. The number of methoxy groups -OCH3 is 1. The molecular weight excluding hydrogens is 373 g/mol. The molecule has 6 nitrogen and oxygen atoms in total. The lowest BCUT2D eigenvalue weighted by molar-refractivity contribution is -0.173. The minimum Gasteiger partial charge on any atom is -0.497 e.